The number of carbonyl (C=O) groups is 2. The number of carboxylic acids is 1. The highest BCUT2D eigenvalue weighted by Gasteiger charge is 2.27. The molecule has 1 N–H and O–H groups in total. The van der Waals surface area contributed by atoms with Gasteiger partial charge in [-0.1, -0.05) is 58.4 Å². The Kier molecular flexibility index (Phi) is 6.37. The quantitative estimate of drug-likeness (QED) is 0.814. The summed E-state index contributed by atoms with van der Waals surface area (Å²) in [5.41, 5.74) is 1.67. The number of hydrogen-bond donors (Lipinski definition) is 1. The first-order chi connectivity index (χ1) is 11.5. The first-order valence-electron chi connectivity index (χ1n) is 7.38. The van der Waals surface area contributed by atoms with Gasteiger partial charge in [-0.25, -0.2) is 9.59 Å². The van der Waals surface area contributed by atoms with Crippen LogP contribution < -0.4 is 0 Å². The number of aliphatic carboxylic acids is 1. The summed E-state index contributed by atoms with van der Waals surface area (Å²) < 4.78 is 6.10. The standard InChI is InChI=1S/C18H18BrNO4/c1-20(18(23)24-12-14-5-3-2-4-6-14)16(17(21)22)11-13-7-9-15(19)10-8-13/h2-10,16H,11-12H2,1H3,(H,21,22). The fourth-order valence-electron chi connectivity index (χ4n) is 2.18. The third-order valence-corrected chi connectivity index (χ3v) is 4.12. The Morgan fingerprint density at radius 1 is 1.08 bits per heavy atom. The molecule has 0 aromatic heterocycles. The van der Waals surface area contributed by atoms with E-state index in [1.165, 1.54) is 7.05 Å². The minimum atomic E-state index is -1.07. The lowest BCUT2D eigenvalue weighted by atomic mass is 10.1. The van der Waals surface area contributed by atoms with Crippen molar-refractivity contribution >= 4 is 28.0 Å². The van der Waals surface area contributed by atoms with Crippen molar-refractivity contribution in [3.63, 3.8) is 0 Å². The first-order valence-corrected chi connectivity index (χ1v) is 8.17. The smallest absolute Gasteiger partial charge is 0.410 e. The Hall–Kier alpha value is -2.34. The largest absolute Gasteiger partial charge is 0.480 e. The molecular formula is C18H18BrNO4. The van der Waals surface area contributed by atoms with Crippen LogP contribution in [0, 0.1) is 0 Å². The van der Waals surface area contributed by atoms with Crippen LogP contribution in [0.2, 0.25) is 0 Å². The number of halogens is 1. The van der Waals surface area contributed by atoms with Crippen LogP contribution in [0.1, 0.15) is 11.1 Å². The number of nitrogens with zero attached hydrogens (tertiary/aromatic N) is 1. The maximum atomic E-state index is 12.1. The van der Waals surface area contributed by atoms with Gasteiger partial charge < -0.3 is 9.84 Å². The second-order valence-corrected chi connectivity index (χ2v) is 6.25. The van der Waals surface area contributed by atoms with E-state index >= 15 is 0 Å². The fraction of sp³-hybridized carbons (Fsp3) is 0.222. The van der Waals surface area contributed by atoms with Gasteiger partial charge in [0.1, 0.15) is 12.6 Å². The molecule has 2 rings (SSSR count). The molecule has 1 unspecified atom stereocenters. The summed E-state index contributed by atoms with van der Waals surface area (Å²) in [6.45, 7) is 0.106. The number of ether oxygens (including phenoxy) is 1. The summed E-state index contributed by atoms with van der Waals surface area (Å²) in [6, 6.07) is 15.6. The molecule has 2 aromatic rings. The maximum absolute atomic E-state index is 12.1. The molecule has 126 valence electrons. The van der Waals surface area contributed by atoms with Gasteiger partial charge in [0.25, 0.3) is 0 Å². The third kappa shape index (κ3) is 5.09. The van der Waals surface area contributed by atoms with E-state index < -0.39 is 18.1 Å². The molecule has 0 fully saturated rings. The normalized spacial score (nSPS) is 11.6. The van der Waals surface area contributed by atoms with Crippen molar-refractivity contribution in [2.75, 3.05) is 7.05 Å². The minimum absolute atomic E-state index is 0.106. The van der Waals surface area contributed by atoms with Crippen molar-refractivity contribution in [3.8, 4) is 0 Å². The number of rotatable bonds is 6. The number of carbonyl (C=O) groups excluding carboxylic acids is 1. The lowest BCUT2D eigenvalue weighted by molar-refractivity contribution is -0.142. The summed E-state index contributed by atoms with van der Waals surface area (Å²) in [7, 11) is 1.44. The third-order valence-electron chi connectivity index (χ3n) is 3.59. The lowest BCUT2D eigenvalue weighted by Crippen LogP contribution is -2.44. The molecule has 0 aliphatic carbocycles. The van der Waals surface area contributed by atoms with E-state index in [2.05, 4.69) is 15.9 Å². The van der Waals surface area contributed by atoms with Gasteiger partial charge in [-0.05, 0) is 23.3 Å². The van der Waals surface area contributed by atoms with E-state index in [1.54, 1.807) is 0 Å². The van der Waals surface area contributed by atoms with Gasteiger partial charge in [0.2, 0.25) is 0 Å². The van der Waals surface area contributed by atoms with E-state index in [9.17, 15) is 14.7 Å². The van der Waals surface area contributed by atoms with Crippen LogP contribution in [0.15, 0.2) is 59.1 Å². The van der Waals surface area contributed by atoms with Crippen molar-refractivity contribution in [1.82, 2.24) is 4.90 Å². The molecule has 0 radical (unpaired) electrons. The Bertz CT molecular complexity index is 688. The van der Waals surface area contributed by atoms with E-state index in [1.807, 2.05) is 54.6 Å². The second-order valence-electron chi connectivity index (χ2n) is 5.34. The van der Waals surface area contributed by atoms with Gasteiger partial charge in [-0.15, -0.1) is 0 Å². The van der Waals surface area contributed by atoms with Crippen molar-refractivity contribution < 1.29 is 19.4 Å². The average Bonchev–Trinajstić information content (AvgIpc) is 2.59. The molecule has 0 saturated carbocycles. The molecule has 0 saturated heterocycles. The highest BCUT2D eigenvalue weighted by atomic mass is 79.9. The molecule has 1 amide bonds. The molecule has 0 bridgehead atoms. The van der Waals surface area contributed by atoms with Crippen LogP contribution in [-0.2, 0) is 22.6 Å². The molecule has 5 nitrogen and oxygen atoms in total. The van der Waals surface area contributed by atoms with Crippen molar-refractivity contribution in [3.05, 3.63) is 70.2 Å². The SMILES string of the molecule is CN(C(=O)OCc1ccccc1)C(Cc1ccc(Br)cc1)C(=O)O. The molecule has 24 heavy (non-hydrogen) atoms. The molecule has 6 heteroatoms. The molecule has 1 atom stereocenters. The number of likely N-dealkylation sites (N-methyl/N-ethyl adjacent to an activating group) is 1. The fourth-order valence-corrected chi connectivity index (χ4v) is 2.45. The van der Waals surface area contributed by atoms with Crippen LogP contribution in [0.25, 0.3) is 0 Å². The summed E-state index contributed by atoms with van der Waals surface area (Å²) >= 11 is 3.33. The Morgan fingerprint density at radius 2 is 1.71 bits per heavy atom. The molecule has 0 aliphatic heterocycles. The van der Waals surface area contributed by atoms with Crippen LogP contribution in [0.3, 0.4) is 0 Å². The topological polar surface area (TPSA) is 66.8 Å². The number of hydrogen-bond acceptors (Lipinski definition) is 3. The molecule has 0 aliphatic rings. The lowest BCUT2D eigenvalue weighted by Gasteiger charge is -2.24. The zero-order valence-corrected chi connectivity index (χ0v) is 14.8. The van der Waals surface area contributed by atoms with Crippen molar-refractivity contribution in [2.45, 2.75) is 19.1 Å². The molecular weight excluding hydrogens is 374 g/mol. The predicted molar refractivity (Wildman–Crippen MR) is 93.7 cm³/mol. The van der Waals surface area contributed by atoms with Gasteiger partial charge in [0.15, 0.2) is 0 Å². The molecule has 2 aromatic carbocycles. The first kappa shape index (κ1) is 18.0. The van der Waals surface area contributed by atoms with Gasteiger partial charge in [-0.3, -0.25) is 4.90 Å². The van der Waals surface area contributed by atoms with Crippen LogP contribution in [-0.4, -0.2) is 35.2 Å². The van der Waals surface area contributed by atoms with Crippen LogP contribution in [0.4, 0.5) is 4.79 Å². The van der Waals surface area contributed by atoms with E-state index in [0.29, 0.717) is 0 Å². The zero-order chi connectivity index (χ0) is 17.5. The second kappa shape index (κ2) is 8.49. The monoisotopic (exact) mass is 391 g/mol. The highest BCUT2D eigenvalue weighted by molar-refractivity contribution is 9.10. The maximum Gasteiger partial charge on any atom is 0.410 e. The Labute approximate surface area is 149 Å². The Morgan fingerprint density at radius 3 is 2.29 bits per heavy atom. The van der Waals surface area contributed by atoms with Gasteiger partial charge >= 0.3 is 12.1 Å². The summed E-state index contributed by atoms with van der Waals surface area (Å²) in [4.78, 5) is 24.8. The summed E-state index contributed by atoms with van der Waals surface area (Å²) in [5.74, 6) is -1.07. The van der Waals surface area contributed by atoms with E-state index in [-0.39, 0.29) is 13.0 Å². The summed E-state index contributed by atoms with van der Waals surface area (Å²) in [5, 5.41) is 9.44. The zero-order valence-electron chi connectivity index (χ0n) is 13.2. The molecule has 0 spiro atoms. The predicted octanol–water partition coefficient (Wildman–Crippen LogP) is 3.71. The van der Waals surface area contributed by atoms with Crippen molar-refractivity contribution in [1.29, 1.82) is 0 Å². The summed E-state index contributed by atoms with van der Waals surface area (Å²) in [6.07, 6.45) is -0.456. The van der Waals surface area contributed by atoms with Gasteiger partial charge in [0.05, 0.1) is 0 Å². The van der Waals surface area contributed by atoms with Crippen LogP contribution in [0.5, 0.6) is 0 Å². The van der Waals surface area contributed by atoms with Gasteiger partial charge in [-0.2, -0.15) is 0 Å². The van der Waals surface area contributed by atoms with Gasteiger partial charge in [0, 0.05) is 17.9 Å². The van der Waals surface area contributed by atoms with E-state index in [0.717, 1.165) is 20.5 Å². The number of benzene rings is 2. The molecule has 0 heterocycles. The Balaban J connectivity index is 1.99. The van der Waals surface area contributed by atoms with Crippen molar-refractivity contribution in [2.24, 2.45) is 0 Å². The number of amides is 1. The number of carboxylic acid groups (broad SMARTS) is 1. The van der Waals surface area contributed by atoms with Crippen LogP contribution >= 0.6 is 15.9 Å². The highest BCUT2D eigenvalue weighted by Crippen LogP contribution is 2.14. The average molecular weight is 392 g/mol. The minimum Gasteiger partial charge on any atom is -0.480 e. The van der Waals surface area contributed by atoms with E-state index in [4.69, 9.17) is 4.74 Å².